The highest BCUT2D eigenvalue weighted by molar-refractivity contribution is 9.10. The number of hydrogen-bond donors (Lipinski definition) is 0. The monoisotopic (exact) mass is 277 g/mol. The molecular weight excluding hydrogens is 271 g/mol. The van der Waals surface area contributed by atoms with Crippen molar-refractivity contribution in [2.24, 2.45) is 4.99 Å². The molecule has 0 aliphatic carbocycles. The molecule has 1 nitrogen and oxygen atoms in total. The van der Waals surface area contributed by atoms with Gasteiger partial charge >= 0.3 is 6.18 Å². The van der Waals surface area contributed by atoms with Crippen LogP contribution in [0.25, 0.3) is 6.08 Å². The van der Waals surface area contributed by atoms with E-state index < -0.39 is 11.7 Å². The third kappa shape index (κ3) is 2.28. The first-order valence-corrected chi connectivity index (χ1v) is 4.70. The largest absolute Gasteiger partial charge is 0.417 e. The Labute approximate surface area is 93.5 Å². The van der Waals surface area contributed by atoms with Gasteiger partial charge in [-0.25, -0.2) is 0 Å². The van der Waals surface area contributed by atoms with Gasteiger partial charge in [-0.15, -0.1) is 0 Å². The molecule has 0 N–H and O–H groups in total. The Kier molecular flexibility index (Phi) is 3.34. The van der Waals surface area contributed by atoms with Gasteiger partial charge in [0.2, 0.25) is 0 Å². The number of hydrogen-bond acceptors (Lipinski definition) is 1. The van der Waals surface area contributed by atoms with E-state index in [-0.39, 0.29) is 11.3 Å². The topological polar surface area (TPSA) is 12.4 Å². The zero-order chi connectivity index (χ0) is 11.6. The van der Waals surface area contributed by atoms with Gasteiger partial charge in [0.25, 0.3) is 0 Å². The normalized spacial score (nSPS) is 11.2. The van der Waals surface area contributed by atoms with Gasteiger partial charge in [0.1, 0.15) is 0 Å². The third-order valence-electron chi connectivity index (χ3n) is 1.84. The fourth-order valence-corrected chi connectivity index (χ4v) is 1.67. The van der Waals surface area contributed by atoms with Crippen molar-refractivity contribution in [2.45, 2.75) is 6.18 Å². The molecule has 5 heteroatoms. The molecule has 0 saturated heterocycles. The first-order valence-electron chi connectivity index (χ1n) is 3.90. The van der Waals surface area contributed by atoms with Gasteiger partial charge in [-0.1, -0.05) is 12.7 Å². The van der Waals surface area contributed by atoms with Gasteiger partial charge in [-0.2, -0.15) is 13.2 Å². The second kappa shape index (κ2) is 4.18. The van der Waals surface area contributed by atoms with Crippen LogP contribution in [0.5, 0.6) is 0 Å². The van der Waals surface area contributed by atoms with Crippen molar-refractivity contribution in [3.63, 3.8) is 0 Å². The van der Waals surface area contributed by atoms with Crippen LogP contribution in [0, 0.1) is 0 Å². The average molecular weight is 278 g/mol. The summed E-state index contributed by atoms with van der Waals surface area (Å²) >= 11 is 3.10. The van der Waals surface area contributed by atoms with Crippen LogP contribution in [0.15, 0.2) is 28.2 Å². The van der Waals surface area contributed by atoms with E-state index in [1.807, 2.05) is 0 Å². The van der Waals surface area contributed by atoms with E-state index in [1.165, 1.54) is 6.07 Å². The van der Waals surface area contributed by atoms with E-state index in [1.54, 1.807) is 0 Å². The fourth-order valence-electron chi connectivity index (χ4n) is 1.20. The molecule has 0 atom stereocenters. The van der Waals surface area contributed by atoms with Gasteiger partial charge < -0.3 is 0 Å². The predicted molar refractivity (Wildman–Crippen MR) is 58.4 cm³/mol. The Morgan fingerprint density at radius 1 is 1.33 bits per heavy atom. The number of halogens is 4. The molecule has 0 fully saturated rings. The van der Waals surface area contributed by atoms with Crippen molar-refractivity contribution in [1.29, 1.82) is 0 Å². The first-order chi connectivity index (χ1) is 6.91. The average Bonchev–Trinajstić information content (AvgIpc) is 2.15. The van der Waals surface area contributed by atoms with Crippen molar-refractivity contribution in [3.05, 3.63) is 34.3 Å². The minimum Gasteiger partial charge on any atom is -0.263 e. The second-order valence-electron chi connectivity index (χ2n) is 2.72. The van der Waals surface area contributed by atoms with Crippen LogP contribution in [-0.2, 0) is 6.18 Å². The van der Waals surface area contributed by atoms with Crippen molar-refractivity contribution >= 4 is 34.4 Å². The molecular formula is C10H7BrF3N. The highest BCUT2D eigenvalue weighted by atomic mass is 79.9. The highest BCUT2D eigenvalue weighted by Crippen LogP contribution is 2.40. The molecule has 0 aliphatic rings. The number of rotatable bonds is 2. The summed E-state index contributed by atoms with van der Waals surface area (Å²) in [6.07, 6.45) is -3.29. The van der Waals surface area contributed by atoms with E-state index >= 15 is 0 Å². The number of benzene rings is 1. The summed E-state index contributed by atoms with van der Waals surface area (Å²) in [6.45, 7) is 6.57. The SMILES string of the molecule is C=Cc1c(C(F)(F)F)ccc(Br)c1N=C. The highest BCUT2D eigenvalue weighted by Gasteiger charge is 2.33. The van der Waals surface area contributed by atoms with Crippen LogP contribution in [0.4, 0.5) is 18.9 Å². The maximum Gasteiger partial charge on any atom is 0.417 e. The van der Waals surface area contributed by atoms with Gasteiger partial charge in [0.15, 0.2) is 0 Å². The molecule has 0 amide bonds. The maximum absolute atomic E-state index is 12.6. The summed E-state index contributed by atoms with van der Waals surface area (Å²) < 4.78 is 38.1. The van der Waals surface area contributed by atoms with Gasteiger partial charge in [0, 0.05) is 10.0 Å². The standard InChI is InChI=1S/C10H7BrF3N/c1-3-6-7(10(12,13)14)4-5-8(11)9(6)15-2/h3-5H,1-2H2. The summed E-state index contributed by atoms with van der Waals surface area (Å²) in [5, 5.41) is 0. The molecule has 0 radical (unpaired) electrons. The summed E-state index contributed by atoms with van der Waals surface area (Å²) in [6, 6.07) is 2.27. The van der Waals surface area contributed by atoms with Crippen LogP contribution in [0.2, 0.25) is 0 Å². The van der Waals surface area contributed by atoms with Crippen molar-refractivity contribution in [3.8, 4) is 0 Å². The molecule has 0 saturated carbocycles. The maximum atomic E-state index is 12.6. The lowest BCUT2D eigenvalue weighted by Gasteiger charge is -2.13. The molecule has 15 heavy (non-hydrogen) atoms. The molecule has 0 spiro atoms. The van der Waals surface area contributed by atoms with Crippen LogP contribution in [0.1, 0.15) is 11.1 Å². The summed E-state index contributed by atoms with van der Waals surface area (Å²) in [4.78, 5) is 3.55. The molecule has 0 aliphatic heterocycles. The fraction of sp³-hybridized carbons (Fsp3) is 0.100. The number of nitrogens with zero attached hydrogens (tertiary/aromatic N) is 1. The zero-order valence-corrected chi connectivity index (χ0v) is 9.19. The minimum atomic E-state index is -4.41. The van der Waals surface area contributed by atoms with Gasteiger partial charge in [-0.3, -0.25) is 4.99 Å². The molecule has 1 aromatic carbocycles. The Morgan fingerprint density at radius 2 is 1.93 bits per heavy atom. The van der Waals surface area contributed by atoms with Crippen molar-refractivity contribution in [2.75, 3.05) is 0 Å². The van der Waals surface area contributed by atoms with Gasteiger partial charge in [-0.05, 0) is 34.8 Å². The Hall–Kier alpha value is -1.10. The molecule has 0 bridgehead atoms. The number of alkyl halides is 3. The lowest BCUT2D eigenvalue weighted by atomic mass is 10.1. The summed E-state index contributed by atoms with van der Waals surface area (Å²) in [7, 11) is 0. The Bertz CT molecular complexity index is 410. The Morgan fingerprint density at radius 3 is 2.33 bits per heavy atom. The van der Waals surface area contributed by atoms with Crippen molar-refractivity contribution < 1.29 is 13.2 Å². The van der Waals surface area contributed by atoms with E-state index in [0.29, 0.717) is 4.47 Å². The zero-order valence-electron chi connectivity index (χ0n) is 7.61. The third-order valence-corrected chi connectivity index (χ3v) is 2.48. The quantitative estimate of drug-likeness (QED) is 0.709. The Balaban J connectivity index is 3.56. The van der Waals surface area contributed by atoms with E-state index in [9.17, 15) is 13.2 Å². The van der Waals surface area contributed by atoms with Gasteiger partial charge in [0.05, 0.1) is 11.3 Å². The first kappa shape index (κ1) is 12.0. The summed E-state index contributed by atoms with van der Waals surface area (Å²) in [5.74, 6) is 0. The molecule has 0 unspecified atom stereocenters. The molecule has 1 aromatic rings. The molecule has 0 heterocycles. The minimum absolute atomic E-state index is 0.0631. The molecule has 80 valence electrons. The van der Waals surface area contributed by atoms with E-state index in [2.05, 4.69) is 34.2 Å². The lowest BCUT2D eigenvalue weighted by molar-refractivity contribution is -0.137. The smallest absolute Gasteiger partial charge is 0.263 e. The molecule has 1 rings (SSSR count). The number of aliphatic imine (C=N–C) groups is 1. The summed E-state index contributed by atoms with van der Waals surface area (Å²) in [5.41, 5.74) is -0.671. The van der Waals surface area contributed by atoms with Crippen molar-refractivity contribution in [1.82, 2.24) is 0 Å². The predicted octanol–water partition coefficient (Wildman–Crippen LogP) is 4.44. The van der Waals surface area contributed by atoms with E-state index in [4.69, 9.17) is 0 Å². The van der Waals surface area contributed by atoms with Crippen LogP contribution >= 0.6 is 15.9 Å². The van der Waals surface area contributed by atoms with E-state index in [0.717, 1.165) is 12.1 Å². The second-order valence-corrected chi connectivity index (χ2v) is 3.57. The molecule has 0 aromatic heterocycles. The van der Waals surface area contributed by atoms with Crippen LogP contribution in [0.3, 0.4) is 0 Å². The van der Waals surface area contributed by atoms with Crippen LogP contribution < -0.4 is 0 Å². The van der Waals surface area contributed by atoms with Crippen LogP contribution in [-0.4, -0.2) is 6.72 Å². The lowest BCUT2D eigenvalue weighted by Crippen LogP contribution is -2.07.